The van der Waals surface area contributed by atoms with E-state index < -0.39 is 55.3 Å². The number of aromatic amines is 1. The van der Waals surface area contributed by atoms with Gasteiger partial charge in [0.05, 0.1) is 19.1 Å². The fourth-order valence-electron chi connectivity index (χ4n) is 2.73. The second kappa shape index (κ2) is 7.32. The molecule has 1 aliphatic rings. The van der Waals surface area contributed by atoms with Gasteiger partial charge < -0.3 is 19.3 Å². The Labute approximate surface area is 147 Å². The third-order valence-corrected chi connectivity index (χ3v) is 5.93. The van der Waals surface area contributed by atoms with E-state index in [0.717, 1.165) is 10.8 Å². The first-order valence-electron chi connectivity index (χ1n) is 7.92. The number of aryl methyl sites for hydroxylation is 1. The van der Waals surface area contributed by atoms with Crippen molar-refractivity contribution in [2.24, 2.45) is 5.92 Å². The molecule has 148 valence electrons. The van der Waals surface area contributed by atoms with Crippen molar-refractivity contribution in [1.29, 1.82) is 0 Å². The van der Waals surface area contributed by atoms with Crippen LogP contribution in [0.3, 0.4) is 0 Å². The Hall–Kier alpha value is -1.39. The Morgan fingerprint density at radius 2 is 2.08 bits per heavy atom. The minimum Gasteiger partial charge on any atom is -0.388 e. The average molecular weight is 398 g/mol. The van der Waals surface area contributed by atoms with Crippen LogP contribution in [0.4, 0.5) is 8.78 Å². The standard InChI is InChI=1S/C14H21F2N2O7P/c1-4-24-26(22,23)14(15,16)5-9-8(3)10(19)12(25-9)18-6-7(2)11(20)17-13(18)21/h6,8-10,12,19H,4-5H2,1-3H3,(H,22,23)(H,17,20,21)/t8-,9-,10-,12?/m1/s1. The fourth-order valence-corrected chi connectivity index (χ4v) is 3.68. The number of hydrogen-bond acceptors (Lipinski definition) is 6. The monoisotopic (exact) mass is 398 g/mol. The number of aliphatic hydroxyl groups excluding tert-OH is 1. The number of hydrogen-bond donors (Lipinski definition) is 3. The van der Waals surface area contributed by atoms with E-state index >= 15 is 0 Å². The number of alkyl halides is 2. The van der Waals surface area contributed by atoms with Crippen LogP contribution in [0.5, 0.6) is 0 Å². The van der Waals surface area contributed by atoms with Gasteiger partial charge in [0.2, 0.25) is 0 Å². The molecule has 2 heterocycles. The van der Waals surface area contributed by atoms with E-state index in [-0.39, 0.29) is 12.2 Å². The van der Waals surface area contributed by atoms with Crippen molar-refractivity contribution in [1.82, 2.24) is 9.55 Å². The SMILES string of the molecule is CCOP(=O)(O)C(F)(F)C[C@H]1OC(n2cc(C)c(=O)[nH]c2=O)[C@H](O)[C@@H]1C. The zero-order valence-corrected chi connectivity index (χ0v) is 15.3. The number of nitrogens with one attached hydrogen (secondary N) is 1. The summed E-state index contributed by atoms with van der Waals surface area (Å²) >= 11 is 0. The van der Waals surface area contributed by atoms with Gasteiger partial charge >= 0.3 is 18.9 Å². The molecule has 12 heteroatoms. The highest BCUT2D eigenvalue weighted by Gasteiger charge is 2.55. The van der Waals surface area contributed by atoms with Crippen molar-refractivity contribution in [3.05, 3.63) is 32.6 Å². The summed E-state index contributed by atoms with van der Waals surface area (Å²) in [6.07, 6.45) is -4.00. The average Bonchev–Trinajstić information content (AvgIpc) is 2.78. The summed E-state index contributed by atoms with van der Waals surface area (Å²) in [6, 6.07) is 0. The number of nitrogens with zero attached hydrogens (tertiary/aromatic N) is 1. The Balaban J connectivity index is 2.28. The van der Waals surface area contributed by atoms with E-state index in [1.54, 1.807) is 0 Å². The first-order chi connectivity index (χ1) is 11.9. The van der Waals surface area contributed by atoms with Crippen LogP contribution < -0.4 is 11.2 Å². The maximum atomic E-state index is 14.2. The lowest BCUT2D eigenvalue weighted by Crippen LogP contribution is -2.37. The van der Waals surface area contributed by atoms with Crippen molar-refractivity contribution >= 4 is 7.60 Å². The number of halogens is 2. The van der Waals surface area contributed by atoms with Gasteiger partial charge in [-0.05, 0) is 13.8 Å². The van der Waals surface area contributed by atoms with Gasteiger partial charge in [0.25, 0.3) is 5.56 Å². The number of aromatic nitrogens is 2. The molecule has 0 bridgehead atoms. The van der Waals surface area contributed by atoms with E-state index in [4.69, 9.17) is 4.74 Å². The molecule has 2 rings (SSSR count). The van der Waals surface area contributed by atoms with Gasteiger partial charge in [-0.3, -0.25) is 18.9 Å². The fraction of sp³-hybridized carbons (Fsp3) is 0.714. The molecule has 26 heavy (non-hydrogen) atoms. The Bertz CT molecular complexity index is 824. The zero-order chi connectivity index (χ0) is 19.9. The van der Waals surface area contributed by atoms with Crippen LogP contribution in [0.25, 0.3) is 0 Å². The maximum absolute atomic E-state index is 14.2. The summed E-state index contributed by atoms with van der Waals surface area (Å²) in [7, 11) is -5.22. The normalized spacial score (nSPS) is 28.9. The molecule has 0 aliphatic carbocycles. The van der Waals surface area contributed by atoms with Crippen molar-refractivity contribution in [2.45, 2.75) is 51.3 Å². The van der Waals surface area contributed by atoms with Gasteiger partial charge in [0, 0.05) is 17.7 Å². The molecule has 0 aromatic carbocycles. The first kappa shape index (κ1) is 20.9. The Morgan fingerprint density at radius 3 is 2.65 bits per heavy atom. The summed E-state index contributed by atoms with van der Waals surface area (Å²) in [5, 5.41) is 10.3. The minimum atomic E-state index is -5.22. The molecule has 0 spiro atoms. The number of ether oxygens (including phenoxy) is 1. The zero-order valence-electron chi connectivity index (χ0n) is 14.4. The highest BCUT2D eigenvalue weighted by Crippen LogP contribution is 2.60. The smallest absolute Gasteiger partial charge is 0.388 e. The van der Waals surface area contributed by atoms with E-state index in [1.807, 2.05) is 4.98 Å². The molecule has 1 saturated heterocycles. The lowest BCUT2D eigenvalue weighted by Gasteiger charge is -2.25. The third-order valence-electron chi connectivity index (χ3n) is 4.32. The molecular weight excluding hydrogens is 377 g/mol. The first-order valence-corrected chi connectivity index (χ1v) is 9.50. The van der Waals surface area contributed by atoms with Gasteiger partial charge in [-0.25, -0.2) is 4.79 Å². The van der Waals surface area contributed by atoms with Crippen LogP contribution in [-0.2, 0) is 13.8 Å². The van der Waals surface area contributed by atoms with Crippen LogP contribution in [0.2, 0.25) is 0 Å². The molecule has 0 saturated carbocycles. The van der Waals surface area contributed by atoms with Crippen molar-refractivity contribution in [3.63, 3.8) is 0 Å². The second-order valence-corrected chi connectivity index (χ2v) is 8.15. The molecule has 1 fully saturated rings. The number of rotatable bonds is 6. The van der Waals surface area contributed by atoms with Gasteiger partial charge in [0.1, 0.15) is 6.10 Å². The highest BCUT2D eigenvalue weighted by atomic mass is 31.2. The van der Waals surface area contributed by atoms with Crippen LogP contribution in [-0.4, -0.2) is 44.0 Å². The van der Waals surface area contributed by atoms with Gasteiger partial charge in [-0.2, -0.15) is 8.78 Å². The van der Waals surface area contributed by atoms with Gasteiger partial charge in [0.15, 0.2) is 6.23 Å². The summed E-state index contributed by atoms with van der Waals surface area (Å²) in [6.45, 7) is 3.77. The van der Waals surface area contributed by atoms with Crippen molar-refractivity contribution in [2.75, 3.05) is 6.61 Å². The van der Waals surface area contributed by atoms with Gasteiger partial charge in [-0.1, -0.05) is 6.92 Å². The molecule has 5 atom stereocenters. The number of aliphatic hydroxyl groups is 1. The molecule has 0 amide bonds. The molecule has 0 radical (unpaired) electrons. The molecule has 1 aliphatic heterocycles. The second-order valence-electron chi connectivity index (χ2n) is 6.20. The topological polar surface area (TPSA) is 131 Å². The maximum Gasteiger partial charge on any atom is 0.397 e. The Kier molecular flexibility index (Phi) is 5.89. The minimum absolute atomic E-state index is 0.165. The molecule has 2 unspecified atom stereocenters. The summed E-state index contributed by atoms with van der Waals surface area (Å²) in [5.74, 6) is -0.869. The lowest BCUT2D eigenvalue weighted by molar-refractivity contribution is -0.0685. The van der Waals surface area contributed by atoms with Crippen molar-refractivity contribution < 1.29 is 32.6 Å². The van der Waals surface area contributed by atoms with Gasteiger partial charge in [-0.15, -0.1) is 0 Å². The van der Waals surface area contributed by atoms with Crippen LogP contribution >= 0.6 is 7.60 Å². The molecule has 1 aromatic heterocycles. The summed E-state index contributed by atoms with van der Waals surface area (Å²) in [4.78, 5) is 34.8. The largest absolute Gasteiger partial charge is 0.397 e. The summed E-state index contributed by atoms with van der Waals surface area (Å²) in [5.41, 5.74) is -5.42. The van der Waals surface area contributed by atoms with Crippen LogP contribution in [0, 0.1) is 12.8 Å². The van der Waals surface area contributed by atoms with E-state index in [2.05, 4.69) is 4.52 Å². The van der Waals surface area contributed by atoms with Crippen LogP contribution in [0.15, 0.2) is 15.8 Å². The molecule has 9 nitrogen and oxygen atoms in total. The number of H-pyrrole nitrogens is 1. The van der Waals surface area contributed by atoms with E-state index in [9.17, 15) is 32.9 Å². The van der Waals surface area contributed by atoms with E-state index in [0.29, 0.717) is 0 Å². The lowest BCUT2D eigenvalue weighted by atomic mass is 9.98. The van der Waals surface area contributed by atoms with Crippen LogP contribution in [0.1, 0.15) is 32.1 Å². The molecular formula is C14H21F2N2O7P. The van der Waals surface area contributed by atoms with Crippen molar-refractivity contribution in [3.8, 4) is 0 Å². The highest BCUT2D eigenvalue weighted by molar-refractivity contribution is 7.54. The predicted molar refractivity (Wildman–Crippen MR) is 86.2 cm³/mol. The Morgan fingerprint density at radius 1 is 1.46 bits per heavy atom. The molecule has 1 aromatic rings. The predicted octanol–water partition coefficient (Wildman–Crippen LogP) is 0.944. The third kappa shape index (κ3) is 3.81. The quantitative estimate of drug-likeness (QED) is 0.608. The van der Waals surface area contributed by atoms with E-state index in [1.165, 1.54) is 20.8 Å². The summed E-state index contributed by atoms with van der Waals surface area (Å²) < 4.78 is 50.5. The molecule has 3 N–H and O–H groups in total.